The van der Waals surface area contributed by atoms with E-state index < -0.39 is 17.8 Å². The summed E-state index contributed by atoms with van der Waals surface area (Å²) < 4.78 is 0. The lowest BCUT2D eigenvalue weighted by atomic mass is 10.1. The second kappa shape index (κ2) is 6.51. The Kier molecular flexibility index (Phi) is 4.68. The molecule has 1 fully saturated rings. The molecular formula is C16H19N3O4. The van der Waals surface area contributed by atoms with Crippen molar-refractivity contribution in [1.82, 2.24) is 10.2 Å². The summed E-state index contributed by atoms with van der Waals surface area (Å²) in [5, 5.41) is 12.2. The second-order valence-electron chi connectivity index (χ2n) is 5.10. The molecule has 2 N–H and O–H groups in total. The molecule has 0 spiro atoms. The lowest BCUT2D eigenvalue weighted by Crippen LogP contribution is -2.52. The molecule has 2 rings (SSSR count). The summed E-state index contributed by atoms with van der Waals surface area (Å²) >= 11 is 0. The van der Waals surface area contributed by atoms with Gasteiger partial charge in [0.05, 0.1) is 0 Å². The highest BCUT2D eigenvalue weighted by molar-refractivity contribution is 6.30. The number of nitrogens with zero attached hydrogens (tertiary/aromatic N) is 2. The number of nitrogens with one attached hydrogen (secondary N) is 1. The molecule has 1 aromatic carbocycles. The van der Waals surface area contributed by atoms with Gasteiger partial charge in [0.2, 0.25) is 0 Å². The van der Waals surface area contributed by atoms with Crippen molar-refractivity contribution in [3.05, 3.63) is 29.3 Å². The summed E-state index contributed by atoms with van der Waals surface area (Å²) in [6.07, 6.45) is 1.28. The number of benzene rings is 1. The fraction of sp³-hybridized carbons (Fsp3) is 0.312. The van der Waals surface area contributed by atoms with Crippen LogP contribution in [0.3, 0.4) is 0 Å². The first kappa shape index (κ1) is 16.5. The van der Waals surface area contributed by atoms with Gasteiger partial charge in [-0.25, -0.2) is 4.79 Å². The van der Waals surface area contributed by atoms with Crippen molar-refractivity contribution in [3.8, 4) is 5.75 Å². The maximum Gasteiger partial charge on any atom is 0.331 e. The molecule has 0 unspecified atom stereocenters. The Morgan fingerprint density at radius 2 is 1.87 bits per heavy atom. The summed E-state index contributed by atoms with van der Waals surface area (Å²) in [6, 6.07) is 4.25. The number of hydrogen-bond donors (Lipinski definition) is 2. The third-order valence-electron chi connectivity index (χ3n) is 3.75. The predicted molar refractivity (Wildman–Crippen MR) is 86.0 cm³/mol. The van der Waals surface area contributed by atoms with E-state index in [1.807, 2.05) is 13.8 Å². The number of phenolic OH excluding ortho intramolecular Hbond substituents is 1. The Morgan fingerprint density at radius 1 is 1.22 bits per heavy atom. The first-order valence-corrected chi connectivity index (χ1v) is 7.32. The molecule has 1 saturated heterocycles. The number of urea groups is 1. The molecule has 0 bridgehead atoms. The molecule has 0 aliphatic carbocycles. The van der Waals surface area contributed by atoms with Crippen molar-refractivity contribution in [2.24, 2.45) is 0 Å². The summed E-state index contributed by atoms with van der Waals surface area (Å²) in [7, 11) is 1.28. The van der Waals surface area contributed by atoms with E-state index in [1.54, 1.807) is 18.2 Å². The quantitative estimate of drug-likeness (QED) is 0.646. The third kappa shape index (κ3) is 3.18. The highest BCUT2D eigenvalue weighted by Gasteiger charge is 2.33. The Balaban J connectivity index is 2.37. The zero-order valence-electron chi connectivity index (χ0n) is 13.3. The second-order valence-corrected chi connectivity index (χ2v) is 5.10. The van der Waals surface area contributed by atoms with Gasteiger partial charge in [0.1, 0.15) is 11.3 Å². The van der Waals surface area contributed by atoms with Crippen molar-refractivity contribution in [3.63, 3.8) is 0 Å². The van der Waals surface area contributed by atoms with Crippen LogP contribution in [0.15, 0.2) is 23.8 Å². The number of aromatic hydroxyl groups is 1. The van der Waals surface area contributed by atoms with Crippen LogP contribution >= 0.6 is 0 Å². The molecule has 4 amide bonds. The normalized spacial score (nSPS) is 16.7. The van der Waals surface area contributed by atoms with E-state index >= 15 is 0 Å². The van der Waals surface area contributed by atoms with E-state index in [9.17, 15) is 19.5 Å². The molecule has 23 heavy (non-hydrogen) atoms. The minimum Gasteiger partial charge on any atom is -0.507 e. The zero-order chi connectivity index (χ0) is 17.1. The maximum atomic E-state index is 12.0. The summed E-state index contributed by atoms with van der Waals surface area (Å²) in [5.74, 6) is -1.52. The fourth-order valence-electron chi connectivity index (χ4n) is 2.34. The minimum absolute atomic E-state index is 0.0398. The van der Waals surface area contributed by atoms with Crippen LogP contribution in [0.4, 0.5) is 10.5 Å². The van der Waals surface area contributed by atoms with Crippen LogP contribution in [-0.2, 0) is 9.59 Å². The van der Waals surface area contributed by atoms with Gasteiger partial charge in [0, 0.05) is 37.5 Å². The SMILES string of the molecule is CCN(CC)c1ccc(/C=C2\C(=O)NC(=O)N(C)C2=O)c(O)c1. The fourth-order valence-corrected chi connectivity index (χ4v) is 2.34. The van der Waals surface area contributed by atoms with E-state index in [1.165, 1.54) is 13.1 Å². The van der Waals surface area contributed by atoms with Crippen molar-refractivity contribution < 1.29 is 19.5 Å². The van der Waals surface area contributed by atoms with E-state index in [-0.39, 0.29) is 11.3 Å². The first-order valence-electron chi connectivity index (χ1n) is 7.32. The lowest BCUT2D eigenvalue weighted by molar-refractivity contribution is -0.129. The van der Waals surface area contributed by atoms with Crippen LogP contribution in [0, 0.1) is 0 Å². The van der Waals surface area contributed by atoms with E-state index in [0.29, 0.717) is 5.56 Å². The van der Waals surface area contributed by atoms with E-state index in [2.05, 4.69) is 10.2 Å². The van der Waals surface area contributed by atoms with Crippen LogP contribution < -0.4 is 10.2 Å². The molecule has 1 aromatic rings. The number of likely N-dealkylation sites (N-methyl/N-ethyl adjacent to an activating group) is 1. The van der Waals surface area contributed by atoms with Crippen LogP contribution in [0.25, 0.3) is 6.08 Å². The van der Waals surface area contributed by atoms with Gasteiger partial charge in [-0.15, -0.1) is 0 Å². The Labute approximate surface area is 134 Å². The number of amides is 4. The lowest BCUT2D eigenvalue weighted by Gasteiger charge is -2.23. The largest absolute Gasteiger partial charge is 0.507 e. The first-order chi connectivity index (χ1) is 10.9. The Morgan fingerprint density at radius 3 is 2.43 bits per heavy atom. The minimum atomic E-state index is -0.773. The van der Waals surface area contributed by atoms with E-state index in [0.717, 1.165) is 23.7 Å². The summed E-state index contributed by atoms with van der Waals surface area (Å²) in [4.78, 5) is 38.1. The van der Waals surface area contributed by atoms with Gasteiger partial charge in [0.15, 0.2) is 0 Å². The molecular weight excluding hydrogens is 298 g/mol. The highest BCUT2D eigenvalue weighted by Crippen LogP contribution is 2.27. The molecule has 7 nitrogen and oxygen atoms in total. The van der Waals surface area contributed by atoms with Gasteiger partial charge in [-0.05, 0) is 32.1 Å². The molecule has 0 saturated carbocycles. The van der Waals surface area contributed by atoms with Gasteiger partial charge < -0.3 is 10.0 Å². The number of phenols is 1. The van der Waals surface area contributed by atoms with E-state index in [4.69, 9.17) is 0 Å². The van der Waals surface area contributed by atoms with Crippen molar-refractivity contribution in [2.75, 3.05) is 25.0 Å². The van der Waals surface area contributed by atoms with Crippen molar-refractivity contribution >= 4 is 29.6 Å². The van der Waals surface area contributed by atoms with Crippen molar-refractivity contribution in [1.29, 1.82) is 0 Å². The van der Waals surface area contributed by atoms with Crippen LogP contribution in [-0.4, -0.2) is 48.0 Å². The Bertz CT molecular complexity index is 693. The molecule has 0 radical (unpaired) electrons. The van der Waals surface area contributed by atoms with Gasteiger partial charge in [-0.2, -0.15) is 0 Å². The van der Waals surface area contributed by atoms with Gasteiger partial charge in [0.25, 0.3) is 11.8 Å². The van der Waals surface area contributed by atoms with Gasteiger partial charge in [-0.3, -0.25) is 19.8 Å². The zero-order valence-corrected chi connectivity index (χ0v) is 13.3. The average Bonchev–Trinajstić information content (AvgIpc) is 2.52. The number of imide groups is 2. The van der Waals surface area contributed by atoms with Crippen LogP contribution in [0.1, 0.15) is 19.4 Å². The molecule has 7 heteroatoms. The molecule has 1 aliphatic heterocycles. The molecule has 1 aliphatic rings. The number of carbonyl (C=O) groups is 3. The molecule has 0 atom stereocenters. The van der Waals surface area contributed by atoms with Crippen molar-refractivity contribution in [2.45, 2.75) is 13.8 Å². The Hall–Kier alpha value is -2.83. The number of anilines is 1. The highest BCUT2D eigenvalue weighted by atomic mass is 16.3. The number of hydrogen-bond acceptors (Lipinski definition) is 5. The standard InChI is InChI=1S/C16H19N3O4/c1-4-19(5-2)11-7-6-10(13(20)9-11)8-12-14(21)17-16(23)18(3)15(12)22/h6-9,20H,4-5H2,1-3H3,(H,17,21,23)/b12-8+. The smallest absolute Gasteiger partial charge is 0.331 e. The molecule has 1 heterocycles. The van der Waals surface area contributed by atoms with Crippen LogP contribution in [0.2, 0.25) is 0 Å². The number of barbiturate groups is 1. The monoisotopic (exact) mass is 317 g/mol. The third-order valence-corrected chi connectivity index (χ3v) is 3.75. The number of rotatable bonds is 4. The summed E-state index contributed by atoms with van der Waals surface area (Å²) in [6.45, 7) is 5.61. The molecule has 0 aromatic heterocycles. The van der Waals surface area contributed by atoms with Gasteiger partial charge in [-0.1, -0.05) is 0 Å². The topological polar surface area (TPSA) is 90.0 Å². The number of carbonyl (C=O) groups excluding carboxylic acids is 3. The van der Waals surface area contributed by atoms with Gasteiger partial charge >= 0.3 is 6.03 Å². The average molecular weight is 317 g/mol. The summed E-state index contributed by atoms with van der Waals surface area (Å²) in [5.41, 5.74) is 0.988. The predicted octanol–water partition coefficient (Wildman–Crippen LogP) is 1.33. The maximum absolute atomic E-state index is 12.0. The molecule has 122 valence electrons. The van der Waals surface area contributed by atoms with Crippen LogP contribution in [0.5, 0.6) is 5.75 Å².